The maximum atomic E-state index is 12.7. The average Bonchev–Trinajstić information content (AvgIpc) is 2.64. The van der Waals surface area contributed by atoms with Crippen LogP contribution in [0.15, 0.2) is 22.7 Å². The van der Waals surface area contributed by atoms with Gasteiger partial charge >= 0.3 is 0 Å². The van der Waals surface area contributed by atoms with Gasteiger partial charge in [-0.3, -0.25) is 4.79 Å². The molecule has 2 bridgehead atoms. The van der Waals surface area contributed by atoms with Crippen molar-refractivity contribution >= 4 is 21.8 Å². The number of nitrogens with zero attached hydrogens (tertiary/aromatic N) is 1. The molecule has 0 spiro atoms. The molecule has 2 aliphatic heterocycles. The summed E-state index contributed by atoms with van der Waals surface area (Å²) in [5.74, 6) is 0.167. The number of piperidine rings is 1. The van der Waals surface area contributed by atoms with E-state index in [1.54, 1.807) is 0 Å². The lowest BCUT2D eigenvalue weighted by molar-refractivity contribution is 0.0575. The van der Waals surface area contributed by atoms with Crippen molar-refractivity contribution in [2.24, 2.45) is 5.73 Å². The van der Waals surface area contributed by atoms with Gasteiger partial charge in [0, 0.05) is 28.2 Å². The highest BCUT2D eigenvalue weighted by molar-refractivity contribution is 9.10. The zero-order chi connectivity index (χ0) is 13.6. The van der Waals surface area contributed by atoms with Gasteiger partial charge in [0.25, 0.3) is 5.91 Å². The fourth-order valence-electron chi connectivity index (χ4n) is 3.43. The number of rotatable bonds is 1. The van der Waals surface area contributed by atoms with E-state index in [9.17, 15) is 4.79 Å². The summed E-state index contributed by atoms with van der Waals surface area (Å²) in [4.78, 5) is 14.8. The highest BCUT2D eigenvalue weighted by atomic mass is 79.9. The summed E-state index contributed by atoms with van der Waals surface area (Å²) in [5, 5.41) is 0. The number of hydrogen-bond donors (Lipinski definition) is 1. The van der Waals surface area contributed by atoms with Gasteiger partial charge in [0.05, 0.1) is 0 Å². The Balaban J connectivity index is 1.86. The number of fused-ring (bicyclic) bond motifs is 2. The first-order valence-corrected chi connectivity index (χ1v) is 7.70. The van der Waals surface area contributed by atoms with Crippen LogP contribution < -0.4 is 5.73 Å². The predicted molar refractivity (Wildman–Crippen MR) is 79.1 cm³/mol. The first-order valence-electron chi connectivity index (χ1n) is 6.90. The Kier molecular flexibility index (Phi) is 3.39. The Labute approximate surface area is 122 Å². The van der Waals surface area contributed by atoms with E-state index < -0.39 is 0 Å². The van der Waals surface area contributed by atoms with Gasteiger partial charge in [-0.2, -0.15) is 0 Å². The number of carbonyl (C=O) groups is 1. The van der Waals surface area contributed by atoms with Crippen LogP contribution in [0.4, 0.5) is 0 Å². The minimum absolute atomic E-state index is 0.167. The molecular formula is C15H19BrN2O. The second kappa shape index (κ2) is 4.91. The normalized spacial score (nSPS) is 29.6. The molecule has 2 N–H and O–H groups in total. The molecule has 3 rings (SSSR count). The van der Waals surface area contributed by atoms with Gasteiger partial charge in [0.2, 0.25) is 0 Å². The Morgan fingerprint density at radius 3 is 2.53 bits per heavy atom. The van der Waals surface area contributed by atoms with Gasteiger partial charge in [-0.05, 0) is 50.3 Å². The van der Waals surface area contributed by atoms with Crippen LogP contribution in [0.3, 0.4) is 0 Å². The van der Waals surface area contributed by atoms with E-state index in [1.807, 2.05) is 25.1 Å². The third-order valence-corrected chi connectivity index (χ3v) is 5.28. The third kappa shape index (κ3) is 2.32. The maximum Gasteiger partial charge on any atom is 0.254 e. The molecule has 2 aliphatic rings. The lowest BCUT2D eigenvalue weighted by Gasteiger charge is -2.37. The minimum Gasteiger partial charge on any atom is -0.333 e. The Morgan fingerprint density at radius 1 is 1.32 bits per heavy atom. The molecule has 2 heterocycles. The molecule has 0 aromatic heterocycles. The number of amides is 1. The summed E-state index contributed by atoms with van der Waals surface area (Å²) in [6.07, 6.45) is 4.12. The molecule has 2 saturated heterocycles. The first-order chi connectivity index (χ1) is 9.06. The SMILES string of the molecule is Cc1ccc(C(=O)N2C3CCC2CC(N)C3)cc1Br. The smallest absolute Gasteiger partial charge is 0.254 e. The van der Waals surface area contributed by atoms with Crippen molar-refractivity contribution in [1.29, 1.82) is 0 Å². The van der Waals surface area contributed by atoms with Gasteiger partial charge in [-0.1, -0.05) is 22.0 Å². The quantitative estimate of drug-likeness (QED) is 0.864. The van der Waals surface area contributed by atoms with Crippen molar-refractivity contribution in [1.82, 2.24) is 4.90 Å². The zero-order valence-corrected chi connectivity index (χ0v) is 12.7. The van der Waals surface area contributed by atoms with Gasteiger partial charge in [-0.15, -0.1) is 0 Å². The van der Waals surface area contributed by atoms with Crippen LogP contribution in [0.25, 0.3) is 0 Å². The Hall–Kier alpha value is -0.870. The highest BCUT2D eigenvalue weighted by Crippen LogP contribution is 2.36. The van der Waals surface area contributed by atoms with E-state index in [4.69, 9.17) is 5.73 Å². The van der Waals surface area contributed by atoms with E-state index in [-0.39, 0.29) is 11.9 Å². The van der Waals surface area contributed by atoms with Gasteiger partial charge < -0.3 is 10.6 Å². The van der Waals surface area contributed by atoms with Crippen molar-refractivity contribution in [3.05, 3.63) is 33.8 Å². The summed E-state index contributed by atoms with van der Waals surface area (Å²) in [7, 11) is 0. The van der Waals surface area contributed by atoms with Crippen molar-refractivity contribution in [3.63, 3.8) is 0 Å². The van der Waals surface area contributed by atoms with E-state index in [0.717, 1.165) is 41.3 Å². The summed E-state index contributed by atoms with van der Waals surface area (Å²) in [5.41, 5.74) is 7.99. The molecule has 0 saturated carbocycles. The molecule has 1 amide bonds. The standard InChI is InChI=1S/C15H19BrN2O/c1-9-2-3-10(6-14(9)16)15(19)18-12-4-5-13(18)8-11(17)7-12/h2-3,6,11-13H,4-5,7-8,17H2,1H3. The molecule has 2 unspecified atom stereocenters. The van der Waals surface area contributed by atoms with E-state index in [2.05, 4.69) is 20.8 Å². The number of aryl methyl sites for hydroxylation is 1. The molecular weight excluding hydrogens is 304 g/mol. The number of hydrogen-bond acceptors (Lipinski definition) is 2. The van der Waals surface area contributed by atoms with Crippen LogP contribution in [-0.2, 0) is 0 Å². The first kappa shape index (κ1) is 13.1. The van der Waals surface area contributed by atoms with Crippen molar-refractivity contribution in [2.75, 3.05) is 0 Å². The lowest BCUT2D eigenvalue weighted by Crippen LogP contribution is -2.50. The maximum absolute atomic E-state index is 12.7. The van der Waals surface area contributed by atoms with E-state index in [0.29, 0.717) is 12.1 Å². The molecule has 1 aromatic carbocycles. The van der Waals surface area contributed by atoms with Gasteiger partial charge in [0.15, 0.2) is 0 Å². The fourth-order valence-corrected chi connectivity index (χ4v) is 3.80. The Bertz CT molecular complexity index is 503. The molecule has 3 nitrogen and oxygen atoms in total. The molecule has 4 heteroatoms. The molecule has 1 aromatic rings. The zero-order valence-electron chi connectivity index (χ0n) is 11.1. The van der Waals surface area contributed by atoms with Crippen LogP contribution in [-0.4, -0.2) is 28.9 Å². The number of halogens is 1. The average molecular weight is 323 g/mol. The van der Waals surface area contributed by atoms with Gasteiger partial charge in [0.1, 0.15) is 0 Å². The monoisotopic (exact) mass is 322 g/mol. The largest absolute Gasteiger partial charge is 0.333 e. The number of benzene rings is 1. The van der Waals surface area contributed by atoms with Crippen molar-refractivity contribution < 1.29 is 4.79 Å². The summed E-state index contributed by atoms with van der Waals surface area (Å²) >= 11 is 3.50. The number of carbonyl (C=O) groups excluding carboxylic acids is 1. The fraction of sp³-hybridized carbons (Fsp3) is 0.533. The van der Waals surface area contributed by atoms with Crippen LogP contribution in [0.1, 0.15) is 41.6 Å². The van der Waals surface area contributed by atoms with E-state index >= 15 is 0 Å². The van der Waals surface area contributed by atoms with Crippen molar-refractivity contribution in [2.45, 2.75) is 50.7 Å². The topological polar surface area (TPSA) is 46.3 Å². The summed E-state index contributed by atoms with van der Waals surface area (Å²) in [6.45, 7) is 2.03. The van der Waals surface area contributed by atoms with Crippen molar-refractivity contribution in [3.8, 4) is 0 Å². The second-order valence-electron chi connectivity index (χ2n) is 5.79. The van der Waals surface area contributed by atoms with Crippen LogP contribution in [0, 0.1) is 6.92 Å². The lowest BCUT2D eigenvalue weighted by atomic mass is 9.97. The molecule has 19 heavy (non-hydrogen) atoms. The molecule has 2 fully saturated rings. The highest BCUT2D eigenvalue weighted by Gasteiger charge is 2.42. The van der Waals surface area contributed by atoms with Gasteiger partial charge in [-0.25, -0.2) is 0 Å². The van der Waals surface area contributed by atoms with Crippen LogP contribution >= 0.6 is 15.9 Å². The van der Waals surface area contributed by atoms with Crippen LogP contribution in [0.5, 0.6) is 0 Å². The molecule has 0 aliphatic carbocycles. The molecule has 102 valence electrons. The Morgan fingerprint density at radius 2 is 1.95 bits per heavy atom. The van der Waals surface area contributed by atoms with Crippen LogP contribution in [0.2, 0.25) is 0 Å². The third-order valence-electron chi connectivity index (χ3n) is 4.42. The summed E-state index contributed by atoms with van der Waals surface area (Å²) in [6, 6.07) is 6.82. The minimum atomic E-state index is 0.167. The predicted octanol–water partition coefficient (Wildman–Crippen LogP) is 2.85. The molecule has 2 atom stereocenters. The second-order valence-corrected chi connectivity index (χ2v) is 6.65. The summed E-state index contributed by atoms with van der Waals surface area (Å²) < 4.78 is 0.999. The number of nitrogens with two attached hydrogens (primary N) is 1. The van der Waals surface area contributed by atoms with E-state index in [1.165, 1.54) is 0 Å². The molecule has 0 radical (unpaired) electrons.